The van der Waals surface area contributed by atoms with Crippen molar-refractivity contribution >= 4 is 44.8 Å². The lowest BCUT2D eigenvalue weighted by atomic mass is 9.88. The lowest BCUT2D eigenvalue weighted by Gasteiger charge is -2.24. The van der Waals surface area contributed by atoms with E-state index in [4.69, 9.17) is 16.3 Å². The Balaban J connectivity index is 1.77. The van der Waals surface area contributed by atoms with Crippen molar-refractivity contribution in [3.8, 4) is 21.6 Å². The summed E-state index contributed by atoms with van der Waals surface area (Å²) in [5.74, 6) is -0.274. The summed E-state index contributed by atoms with van der Waals surface area (Å²) in [6, 6.07) is 10.8. The second-order valence-electron chi connectivity index (χ2n) is 9.98. The van der Waals surface area contributed by atoms with Crippen LogP contribution in [0.2, 0.25) is 5.02 Å². The molecule has 0 radical (unpaired) electrons. The van der Waals surface area contributed by atoms with Crippen LogP contribution in [0.5, 0.6) is 0 Å². The molecule has 0 aliphatic carbocycles. The van der Waals surface area contributed by atoms with Crippen LogP contribution in [0.1, 0.15) is 33.4 Å². The quantitative estimate of drug-likeness (QED) is 0.312. The molecule has 200 valence electrons. The van der Waals surface area contributed by atoms with Gasteiger partial charge in [0.1, 0.15) is 6.61 Å². The Morgan fingerprint density at radius 1 is 1.16 bits per heavy atom. The van der Waals surface area contributed by atoms with Crippen LogP contribution in [0.25, 0.3) is 21.6 Å². The third-order valence-electron chi connectivity index (χ3n) is 5.30. The molecule has 0 aliphatic rings. The monoisotopic (exact) mass is 564 g/mol. The lowest BCUT2D eigenvalue weighted by molar-refractivity contribution is -0.146. The second kappa shape index (κ2) is 11.9. The first-order chi connectivity index (χ1) is 17.3. The molecule has 3 rings (SSSR count). The summed E-state index contributed by atoms with van der Waals surface area (Å²) < 4.78 is 34.8. The number of hydrogen-bond acceptors (Lipinski definition) is 7. The Morgan fingerprint density at radius 3 is 2.54 bits per heavy atom. The minimum Gasteiger partial charge on any atom is -0.464 e. The zero-order valence-corrected chi connectivity index (χ0v) is 24.2. The average molecular weight is 565 g/mol. The number of nitrogens with zero attached hydrogens (tertiary/aromatic N) is 2. The Bertz CT molecular complexity index is 1350. The number of hydrogen-bond donors (Lipinski definition) is 2. The number of carbonyl (C=O) groups excluding carboxylic acids is 1. The van der Waals surface area contributed by atoms with Crippen molar-refractivity contribution in [1.29, 1.82) is 0 Å². The fourth-order valence-corrected chi connectivity index (χ4v) is 5.93. The molecule has 3 aromatic rings. The number of anilines is 1. The highest BCUT2D eigenvalue weighted by molar-refractivity contribution is 7.90. The summed E-state index contributed by atoms with van der Waals surface area (Å²) in [5.41, 5.74) is 3.53. The van der Waals surface area contributed by atoms with Crippen LogP contribution in [0, 0.1) is 0 Å². The number of halogens is 1. The van der Waals surface area contributed by atoms with Crippen molar-refractivity contribution in [3.05, 3.63) is 58.7 Å². The third kappa shape index (κ3) is 8.24. The number of pyridine rings is 1. The topological polar surface area (TPSA) is 101 Å². The van der Waals surface area contributed by atoms with E-state index in [1.807, 2.05) is 51.5 Å². The van der Waals surface area contributed by atoms with Crippen LogP contribution in [0.3, 0.4) is 0 Å². The molecule has 2 aromatic heterocycles. The number of benzene rings is 1. The Labute approximate surface area is 228 Å². The minimum atomic E-state index is -3.68. The fraction of sp³-hybridized carbons (Fsp3) is 0.385. The van der Waals surface area contributed by atoms with E-state index in [2.05, 4.69) is 14.4 Å². The van der Waals surface area contributed by atoms with Gasteiger partial charge in [0.25, 0.3) is 10.2 Å². The first kappa shape index (κ1) is 29.1. The van der Waals surface area contributed by atoms with Crippen molar-refractivity contribution in [1.82, 2.24) is 14.6 Å². The number of aromatic nitrogens is 1. The van der Waals surface area contributed by atoms with Crippen LogP contribution < -0.4 is 9.44 Å². The number of ether oxygens (including phenoxy) is 1. The molecule has 0 unspecified atom stereocenters. The summed E-state index contributed by atoms with van der Waals surface area (Å²) in [7, 11) is -0.0419. The van der Waals surface area contributed by atoms with E-state index < -0.39 is 15.6 Å². The van der Waals surface area contributed by atoms with E-state index >= 15 is 0 Å². The number of nitrogens with one attached hydrogen (secondary N) is 2. The first-order valence-corrected chi connectivity index (χ1v) is 14.5. The van der Waals surface area contributed by atoms with E-state index in [1.54, 1.807) is 54.5 Å². The highest BCUT2D eigenvalue weighted by atomic mass is 35.5. The Hall–Kier alpha value is -2.50. The molecule has 0 bridgehead atoms. The van der Waals surface area contributed by atoms with Gasteiger partial charge in [-0.3, -0.25) is 19.4 Å². The van der Waals surface area contributed by atoms with E-state index in [0.29, 0.717) is 10.7 Å². The van der Waals surface area contributed by atoms with E-state index in [0.717, 1.165) is 27.3 Å². The molecule has 1 aromatic carbocycles. The van der Waals surface area contributed by atoms with Gasteiger partial charge in [-0.1, -0.05) is 25.4 Å². The van der Waals surface area contributed by atoms with Crippen molar-refractivity contribution in [2.24, 2.45) is 0 Å². The molecule has 2 N–H and O–H groups in total. The standard InChI is InChI=1S/C26H33ClN4O4S2/c1-17(2)29-37(33,34)30-20-7-8-21(22(27)13-20)23-11-19(15-36-23)18-9-10-28-24(12-18)26(3,4)16-35-25(32)14-31(5)6/h7-13,15,17,29-30H,14,16H2,1-6H3. The van der Waals surface area contributed by atoms with Gasteiger partial charge in [0, 0.05) is 33.8 Å². The molecule has 37 heavy (non-hydrogen) atoms. The molecule has 11 heteroatoms. The van der Waals surface area contributed by atoms with Gasteiger partial charge < -0.3 is 4.74 Å². The summed E-state index contributed by atoms with van der Waals surface area (Å²) in [4.78, 5) is 19.2. The van der Waals surface area contributed by atoms with Gasteiger partial charge in [-0.2, -0.15) is 13.1 Å². The van der Waals surface area contributed by atoms with Gasteiger partial charge in [-0.15, -0.1) is 11.3 Å². The maximum absolute atomic E-state index is 12.2. The summed E-state index contributed by atoms with van der Waals surface area (Å²) in [5, 5.41) is 2.48. The van der Waals surface area contributed by atoms with Crippen LogP contribution in [0.4, 0.5) is 5.69 Å². The van der Waals surface area contributed by atoms with Crippen molar-refractivity contribution in [2.45, 2.75) is 39.2 Å². The molecular formula is C26H33ClN4O4S2. The van der Waals surface area contributed by atoms with Crippen molar-refractivity contribution < 1.29 is 17.9 Å². The molecule has 0 amide bonds. The number of esters is 1. The van der Waals surface area contributed by atoms with Crippen molar-refractivity contribution in [3.63, 3.8) is 0 Å². The summed E-state index contributed by atoms with van der Waals surface area (Å²) in [6.07, 6.45) is 1.75. The summed E-state index contributed by atoms with van der Waals surface area (Å²) in [6.45, 7) is 7.94. The Kier molecular flexibility index (Phi) is 9.36. The molecule has 8 nitrogen and oxygen atoms in total. The molecule has 0 spiro atoms. The summed E-state index contributed by atoms with van der Waals surface area (Å²) >= 11 is 8.07. The number of carbonyl (C=O) groups is 1. The number of thiophene rings is 1. The van der Waals surface area contributed by atoms with Crippen LogP contribution >= 0.6 is 22.9 Å². The maximum Gasteiger partial charge on any atom is 0.320 e. The molecule has 0 atom stereocenters. The van der Waals surface area contributed by atoms with E-state index in [9.17, 15) is 13.2 Å². The van der Waals surface area contributed by atoms with Gasteiger partial charge in [0.05, 0.1) is 17.3 Å². The second-order valence-corrected chi connectivity index (χ2v) is 12.7. The SMILES string of the molecule is CC(C)NS(=O)(=O)Nc1ccc(-c2cc(-c3ccnc(C(C)(C)COC(=O)CN(C)C)c3)cs2)c(Cl)c1. The van der Waals surface area contributed by atoms with Gasteiger partial charge in [0.2, 0.25) is 0 Å². The predicted molar refractivity (Wildman–Crippen MR) is 151 cm³/mol. The molecule has 0 fully saturated rings. The number of rotatable bonds is 11. The maximum atomic E-state index is 12.2. The lowest BCUT2D eigenvalue weighted by Crippen LogP contribution is -2.35. The van der Waals surface area contributed by atoms with Crippen LogP contribution in [-0.2, 0) is 25.2 Å². The van der Waals surface area contributed by atoms with Gasteiger partial charge >= 0.3 is 5.97 Å². The van der Waals surface area contributed by atoms with Crippen molar-refractivity contribution in [2.75, 3.05) is 32.0 Å². The molecule has 2 heterocycles. The van der Waals surface area contributed by atoms with Gasteiger partial charge in [-0.05, 0) is 80.8 Å². The Morgan fingerprint density at radius 2 is 1.89 bits per heavy atom. The largest absolute Gasteiger partial charge is 0.464 e. The van der Waals surface area contributed by atoms with E-state index in [-0.39, 0.29) is 25.2 Å². The van der Waals surface area contributed by atoms with Crippen LogP contribution in [-0.4, -0.2) is 57.6 Å². The molecule has 0 saturated heterocycles. The minimum absolute atomic E-state index is 0.226. The normalized spacial score (nSPS) is 12.2. The third-order valence-corrected chi connectivity index (χ3v) is 7.87. The highest BCUT2D eigenvalue weighted by Gasteiger charge is 2.25. The average Bonchev–Trinajstić information content (AvgIpc) is 3.26. The number of likely N-dealkylation sites (N-methyl/N-ethyl adjacent to an activating group) is 1. The fourth-order valence-electron chi connectivity index (χ4n) is 3.52. The zero-order chi connectivity index (χ0) is 27.4. The smallest absolute Gasteiger partial charge is 0.320 e. The molecule has 0 saturated carbocycles. The van der Waals surface area contributed by atoms with Gasteiger partial charge in [0.15, 0.2) is 0 Å². The molecule has 0 aliphatic heterocycles. The first-order valence-electron chi connectivity index (χ1n) is 11.7. The van der Waals surface area contributed by atoms with Gasteiger partial charge in [-0.25, -0.2) is 0 Å². The van der Waals surface area contributed by atoms with Crippen LogP contribution in [0.15, 0.2) is 48.0 Å². The molecular weight excluding hydrogens is 532 g/mol. The zero-order valence-electron chi connectivity index (χ0n) is 21.8. The highest BCUT2D eigenvalue weighted by Crippen LogP contribution is 2.38. The van der Waals surface area contributed by atoms with E-state index in [1.165, 1.54) is 0 Å². The predicted octanol–water partition coefficient (Wildman–Crippen LogP) is 5.17.